The molecular formula is C24H28F3N3O3. The number of alkyl halides is 3. The van der Waals surface area contributed by atoms with E-state index in [9.17, 15) is 22.8 Å². The van der Waals surface area contributed by atoms with E-state index < -0.39 is 12.8 Å². The van der Waals surface area contributed by atoms with Crippen molar-refractivity contribution >= 4 is 17.5 Å². The molecule has 1 saturated carbocycles. The molecule has 2 aromatic carbocycles. The average molecular weight is 464 g/mol. The zero-order chi connectivity index (χ0) is 24.2. The number of benzene rings is 2. The molecule has 1 aliphatic rings. The molecule has 0 radical (unpaired) electrons. The highest BCUT2D eigenvalue weighted by molar-refractivity contribution is 5.97. The number of aryl methyl sites for hydroxylation is 2. The molecule has 0 aliphatic heterocycles. The minimum Gasteiger partial charge on any atom is -0.484 e. The Balaban J connectivity index is 1.54. The van der Waals surface area contributed by atoms with E-state index >= 15 is 0 Å². The molecule has 0 bridgehead atoms. The molecule has 2 N–H and O–H groups in total. The van der Waals surface area contributed by atoms with Crippen LogP contribution >= 0.6 is 0 Å². The molecule has 178 valence electrons. The van der Waals surface area contributed by atoms with Crippen LogP contribution in [0.15, 0.2) is 36.4 Å². The van der Waals surface area contributed by atoms with Crippen LogP contribution in [0.25, 0.3) is 0 Å². The predicted molar refractivity (Wildman–Crippen MR) is 119 cm³/mol. The number of nitrogens with zero attached hydrogens (tertiary/aromatic N) is 1. The van der Waals surface area contributed by atoms with E-state index in [0.717, 1.165) is 18.4 Å². The zero-order valence-corrected chi connectivity index (χ0v) is 18.9. The number of carbonyl (C=O) groups is 2. The standard InChI is InChI=1S/C24H28F3N3O3/c1-15-9-17(10-16(2)22(15)33-14-24(25,26)27)12-30(3)13-21(31)28-20-6-4-5-18(11-20)23(32)29-19-7-8-19/h4-6,9-11,19H,7-8,12-14H2,1-3H3,(H,28,31)(H,29,32). The predicted octanol–water partition coefficient (Wildman–Crippen LogP) is 4.21. The van der Waals surface area contributed by atoms with Gasteiger partial charge in [-0.2, -0.15) is 13.2 Å². The quantitative estimate of drug-likeness (QED) is 0.585. The first-order chi connectivity index (χ1) is 15.5. The molecule has 6 nitrogen and oxygen atoms in total. The molecule has 3 rings (SSSR count). The summed E-state index contributed by atoms with van der Waals surface area (Å²) < 4.78 is 42.3. The van der Waals surface area contributed by atoms with Crippen LogP contribution in [0.3, 0.4) is 0 Å². The van der Waals surface area contributed by atoms with Crippen LogP contribution in [0.4, 0.5) is 18.9 Å². The first-order valence-corrected chi connectivity index (χ1v) is 10.7. The SMILES string of the molecule is Cc1cc(CN(C)CC(=O)Nc2cccc(C(=O)NC3CC3)c2)cc(C)c1OCC(F)(F)F. The average Bonchev–Trinajstić information content (AvgIpc) is 3.50. The highest BCUT2D eigenvalue weighted by Crippen LogP contribution is 2.27. The van der Waals surface area contributed by atoms with Crippen molar-refractivity contribution in [2.45, 2.75) is 45.5 Å². The number of ether oxygens (including phenoxy) is 1. The van der Waals surface area contributed by atoms with Gasteiger partial charge < -0.3 is 15.4 Å². The van der Waals surface area contributed by atoms with Gasteiger partial charge in [0.15, 0.2) is 6.61 Å². The molecular weight excluding hydrogens is 435 g/mol. The van der Waals surface area contributed by atoms with E-state index in [1.807, 2.05) is 0 Å². The van der Waals surface area contributed by atoms with Gasteiger partial charge in [-0.3, -0.25) is 14.5 Å². The van der Waals surface area contributed by atoms with Crippen LogP contribution in [0, 0.1) is 13.8 Å². The summed E-state index contributed by atoms with van der Waals surface area (Å²) in [7, 11) is 1.78. The fourth-order valence-electron chi connectivity index (χ4n) is 3.56. The Morgan fingerprint density at radius 3 is 2.39 bits per heavy atom. The third kappa shape index (κ3) is 7.78. The number of hydrogen-bond donors (Lipinski definition) is 2. The van der Waals surface area contributed by atoms with E-state index in [2.05, 4.69) is 10.6 Å². The molecule has 0 heterocycles. The number of carbonyl (C=O) groups excluding carboxylic acids is 2. The number of amides is 2. The molecule has 0 spiro atoms. The fourth-order valence-corrected chi connectivity index (χ4v) is 3.56. The lowest BCUT2D eigenvalue weighted by Crippen LogP contribution is -2.30. The van der Waals surface area contributed by atoms with Gasteiger partial charge in [-0.15, -0.1) is 0 Å². The lowest BCUT2D eigenvalue weighted by atomic mass is 10.1. The number of halogens is 3. The van der Waals surface area contributed by atoms with Crippen molar-refractivity contribution < 1.29 is 27.5 Å². The van der Waals surface area contributed by atoms with Crippen LogP contribution in [0.5, 0.6) is 5.75 Å². The summed E-state index contributed by atoms with van der Waals surface area (Å²) in [6, 6.07) is 10.5. The van der Waals surface area contributed by atoms with Gasteiger partial charge in [0.05, 0.1) is 6.54 Å². The summed E-state index contributed by atoms with van der Waals surface area (Å²) in [4.78, 5) is 26.5. The van der Waals surface area contributed by atoms with E-state index in [-0.39, 0.29) is 30.2 Å². The van der Waals surface area contributed by atoms with Gasteiger partial charge >= 0.3 is 6.18 Å². The zero-order valence-electron chi connectivity index (χ0n) is 18.9. The van der Waals surface area contributed by atoms with Crippen LogP contribution in [0.2, 0.25) is 0 Å². The minimum absolute atomic E-state index is 0.100. The Morgan fingerprint density at radius 1 is 1.12 bits per heavy atom. The first-order valence-electron chi connectivity index (χ1n) is 10.7. The Kier molecular flexibility index (Phi) is 7.63. The van der Waals surface area contributed by atoms with Gasteiger partial charge in [-0.05, 0) is 68.6 Å². The van der Waals surface area contributed by atoms with Crippen molar-refractivity contribution in [2.75, 3.05) is 25.5 Å². The Bertz CT molecular complexity index is 996. The van der Waals surface area contributed by atoms with Crippen molar-refractivity contribution in [3.8, 4) is 5.75 Å². The molecule has 2 aromatic rings. The maximum Gasteiger partial charge on any atom is 0.422 e. The topological polar surface area (TPSA) is 70.7 Å². The highest BCUT2D eigenvalue weighted by Gasteiger charge is 2.29. The maximum absolute atomic E-state index is 12.5. The van der Waals surface area contributed by atoms with Crippen LogP contribution in [0.1, 0.15) is 39.9 Å². The highest BCUT2D eigenvalue weighted by atomic mass is 19.4. The van der Waals surface area contributed by atoms with E-state index in [4.69, 9.17) is 4.74 Å². The molecule has 0 unspecified atom stereocenters. The Labute approximate surface area is 191 Å². The van der Waals surface area contributed by atoms with E-state index in [1.54, 1.807) is 62.2 Å². The molecule has 0 aromatic heterocycles. The number of rotatable bonds is 9. The summed E-state index contributed by atoms with van der Waals surface area (Å²) in [5.74, 6) is -0.169. The smallest absolute Gasteiger partial charge is 0.422 e. The Hall–Kier alpha value is -3.07. The third-order valence-corrected chi connectivity index (χ3v) is 5.09. The van der Waals surface area contributed by atoms with Crippen molar-refractivity contribution in [2.24, 2.45) is 0 Å². The summed E-state index contributed by atoms with van der Waals surface area (Å²) in [6.45, 7) is 2.58. The van der Waals surface area contributed by atoms with Gasteiger partial charge in [0, 0.05) is 23.8 Å². The summed E-state index contributed by atoms with van der Waals surface area (Å²) in [5, 5.41) is 5.71. The van der Waals surface area contributed by atoms with Crippen LogP contribution < -0.4 is 15.4 Å². The van der Waals surface area contributed by atoms with Crippen molar-refractivity contribution in [1.29, 1.82) is 0 Å². The second kappa shape index (κ2) is 10.2. The van der Waals surface area contributed by atoms with Gasteiger partial charge in [0.1, 0.15) is 5.75 Å². The lowest BCUT2D eigenvalue weighted by molar-refractivity contribution is -0.153. The number of likely N-dealkylation sites (N-methyl/N-ethyl adjacent to an activating group) is 1. The summed E-state index contributed by atoms with van der Waals surface area (Å²) >= 11 is 0. The molecule has 9 heteroatoms. The van der Waals surface area contributed by atoms with Crippen molar-refractivity contribution in [3.05, 3.63) is 58.7 Å². The molecule has 1 fully saturated rings. The number of nitrogens with one attached hydrogen (secondary N) is 2. The second-order valence-corrected chi connectivity index (χ2v) is 8.51. The van der Waals surface area contributed by atoms with Gasteiger partial charge in [-0.25, -0.2) is 0 Å². The van der Waals surface area contributed by atoms with E-state index in [1.165, 1.54) is 0 Å². The van der Waals surface area contributed by atoms with Gasteiger partial charge in [0.2, 0.25) is 5.91 Å². The molecule has 0 saturated heterocycles. The minimum atomic E-state index is -4.40. The van der Waals surface area contributed by atoms with Crippen LogP contribution in [-0.2, 0) is 11.3 Å². The largest absolute Gasteiger partial charge is 0.484 e. The summed E-state index contributed by atoms with van der Waals surface area (Å²) in [6.07, 6.45) is -2.40. The lowest BCUT2D eigenvalue weighted by Gasteiger charge is -2.19. The maximum atomic E-state index is 12.5. The second-order valence-electron chi connectivity index (χ2n) is 8.51. The molecule has 33 heavy (non-hydrogen) atoms. The third-order valence-electron chi connectivity index (χ3n) is 5.09. The Morgan fingerprint density at radius 2 is 1.79 bits per heavy atom. The fraction of sp³-hybridized carbons (Fsp3) is 0.417. The van der Waals surface area contributed by atoms with Gasteiger partial charge in [0.25, 0.3) is 5.91 Å². The number of anilines is 1. The molecule has 2 amide bonds. The molecule has 1 aliphatic carbocycles. The monoisotopic (exact) mass is 463 g/mol. The van der Waals surface area contributed by atoms with Crippen molar-refractivity contribution in [3.63, 3.8) is 0 Å². The first kappa shape index (κ1) is 24.6. The van der Waals surface area contributed by atoms with Gasteiger partial charge in [-0.1, -0.05) is 18.2 Å². The van der Waals surface area contributed by atoms with Crippen molar-refractivity contribution in [1.82, 2.24) is 10.2 Å². The van der Waals surface area contributed by atoms with Crippen LogP contribution in [-0.4, -0.2) is 49.1 Å². The number of hydrogen-bond acceptors (Lipinski definition) is 4. The van der Waals surface area contributed by atoms with E-state index in [0.29, 0.717) is 28.9 Å². The normalized spacial score (nSPS) is 13.7. The summed E-state index contributed by atoms with van der Waals surface area (Å²) in [5.41, 5.74) is 3.10. The molecule has 0 atom stereocenters.